The van der Waals surface area contributed by atoms with Crippen LogP contribution < -0.4 is 5.73 Å². The molecule has 1 aliphatic heterocycles. The van der Waals surface area contributed by atoms with E-state index in [9.17, 15) is 5.11 Å². The van der Waals surface area contributed by atoms with Gasteiger partial charge in [-0.3, -0.25) is 4.90 Å². The molecule has 0 aliphatic carbocycles. The van der Waals surface area contributed by atoms with Crippen molar-refractivity contribution in [2.75, 3.05) is 13.2 Å². The zero-order valence-electron chi connectivity index (χ0n) is 11.2. The molecule has 3 heteroatoms. The van der Waals surface area contributed by atoms with Crippen molar-refractivity contribution in [1.29, 1.82) is 0 Å². The summed E-state index contributed by atoms with van der Waals surface area (Å²) in [6, 6.07) is 1.11. The fourth-order valence-electron chi connectivity index (χ4n) is 2.79. The molecule has 3 N–H and O–H groups in total. The van der Waals surface area contributed by atoms with E-state index in [1.807, 2.05) is 6.92 Å². The number of rotatable bonds is 4. The summed E-state index contributed by atoms with van der Waals surface area (Å²) in [5, 5.41) is 9.22. The Labute approximate surface area is 100 Å². The SMILES string of the molecule is CC1CCC(C)N(C(C)CC(C)(N)CO)C1. The highest BCUT2D eigenvalue weighted by Gasteiger charge is 2.30. The second-order valence-electron chi connectivity index (χ2n) is 6.09. The van der Waals surface area contributed by atoms with Crippen LogP contribution in [0, 0.1) is 5.92 Å². The smallest absolute Gasteiger partial charge is 0.0609 e. The van der Waals surface area contributed by atoms with Crippen molar-refractivity contribution in [2.45, 2.75) is 64.6 Å². The van der Waals surface area contributed by atoms with Crippen LogP contribution in [0.3, 0.4) is 0 Å². The van der Waals surface area contributed by atoms with Gasteiger partial charge in [0.25, 0.3) is 0 Å². The molecule has 1 rings (SSSR count). The average molecular weight is 228 g/mol. The molecule has 4 unspecified atom stereocenters. The van der Waals surface area contributed by atoms with Crippen LogP contribution in [0.1, 0.15) is 47.0 Å². The molecule has 96 valence electrons. The van der Waals surface area contributed by atoms with E-state index in [1.54, 1.807) is 0 Å². The van der Waals surface area contributed by atoms with Crippen molar-refractivity contribution >= 4 is 0 Å². The summed E-state index contributed by atoms with van der Waals surface area (Å²) in [6.07, 6.45) is 3.48. The summed E-state index contributed by atoms with van der Waals surface area (Å²) in [7, 11) is 0. The number of aliphatic hydroxyl groups excluding tert-OH is 1. The molecule has 0 saturated carbocycles. The Morgan fingerprint density at radius 2 is 2.06 bits per heavy atom. The summed E-state index contributed by atoms with van der Waals surface area (Å²) in [4.78, 5) is 2.55. The second-order valence-corrected chi connectivity index (χ2v) is 6.09. The highest BCUT2D eigenvalue weighted by atomic mass is 16.3. The molecule has 1 heterocycles. The lowest BCUT2D eigenvalue weighted by atomic mass is 9.89. The first-order valence-electron chi connectivity index (χ1n) is 6.51. The summed E-state index contributed by atoms with van der Waals surface area (Å²) in [5.74, 6) is 0.789. The molecular weight excluding hydrogens is 200 g/mol. The summed E-state index contributed by atoms with van der Waals surface area (Å²) >= 11 is 0. The summed E-state index contributed by atoms with van der Waals surface area (Å²) < 4.78 is 0. The van der Waals surface area contributed by atoms with Crippen LogP contribution in [0.5, 0.6) is 0 Å². The topological polar surface area (TPSA) is 49.5 Å². The first-order valence-corrected chi connectivity index (χ1v) is 6.51. The van der Waals surface area contributed by atoms with Gasteiger partial charge in [0.2, 0.25) is 0 Å². The molecule has 0 bridgehead atoms. The number of hydrogen-bond acceptors (Lipinski definition) is 3. The number of piperidine rings is 1. The lowest BCUT2D eigenvalue weighted by Gasteiger charge is -2.42. The molecule has 16 heavy (non-hydrogen) atoms. The minimum absolute atomic E-state index is 0.0646. The fourth-order valence-corrected chi connectivity index (χ4v) is 2.79. The standard InChI is InChI=1S/C13H28N2O/c1-10-5-6-11(2)15(8-10)12(3)7-13(4,14)9-16/h10-12,16H,5-9,14H2,1-4H3. The van der Waals surface area contributed by atoms with Crippen LogP contribution in [-0.2, 0) is 0 Å². The Kier molecular flexibility index (Phi) is 4.77. The van der Waals surface area contributed by atoms with Gasteiger partial charge in [-0.15, -0.1) is 0 Å². The minimum Gasteiger partial charge on any atom is -0.394 e. The van der Waals surface area contributed by atoms with Gasteiger partial charge in [0.05, 0.1) is 6.61 Å². The molecule has 3 nitrogen and oxygen atoms in total. The van der Waals surface area contributed by atoms with E-state index in [2.05, 4.69) is 25.7 Å². The van der Waals surface area contributed by atoms with Crippen molar-refractivity contribution in [3.8, 4) is 0 Å². The molecule has 0 aromatic heterocycles. The van der Waals surface area contributed by atoms with Gasteiger partial charge in [-0.25, -0.2) is 0 Å². The lowest BCUT2D eigenvalue weighted by Crippen LogP contribution is -2.51. The van der Waals surface area contributed by atoms with E-state index in [0.29, 0.717) is 12.1 Å². The quantitative estimate of drug-likeness (QED) is 0.768. The van der Waals surface area contributed by atoms with Crippen LogP contribution in [-0.4, -0.2) is 40.8 Å². The van der Waals surface area contributed by atoms with Gasteiger partial charge >= 0.3 is 0 Å². The normalized spacial score (nSPS) is 33.4. The Morgan fingerprint density at radius 1 is 1.44 bits per heavy atom. The second kappa shape index (κ2) is 5.48. The molecule has 0 radical (unpaired) electrons. The molecule has 0 aromatic rings. The highest BCUT2D eigenvalue weighted by Crippen LogP contribution is 2.25. The van der Waals surface area contributed by atoms with Gasteiger partial charge in [0.15, 0.2) is 0 Å². The summed E-state index contributed by atoms with van der Waals surface area (Å²) in [5.41, 5.74) is 5.58. The van der Waals surface area contributed by atoms with Gasteiger partial charge in [0, 0.05) is 24.2 Å². The van der Waals surface area contributed by atoms with Crippen LogP contribution in [0.4, 0.5) is 0 Å². The Bertz CT molecular complexity index is 218. The fraction of sp³-hybridized carbons (Fsp3) is 1.00. The molecule has 1 aliphatic rings. The number of likely N-dealkylation sites (tertiary alicyclic amines) is 1. The maximum atomic E-state index is 9.22. The number of nitrogens with two attached hydrogens (primary N) is 1. The predicted molar refractivity (Wildman–Crippen MR) is 68.3 cm³/mol. The van der Waals surface area contributed by atoms with Gasteiger partial charge in [-0.2, -0.15) is 0 Å². The number of aliphatic hydroxyl groups is 1. The van der Waals surface area contributed by atoms with Crippen LogP contribution in [0.2, 0.25) is 0 Å². The third-order valence-electron chi connectivity index (χ3n) is 3.85. The maximum absolute atomic E-state index is 9.22. The van der Waals surface area contributed by atoms with Crippen molar-refractivity contribution in [3.63, 3.8) is 0 Å². The van der Waals surface area contributed by atoms with Gasteiger partial charge in [0.1, 0.15) is 0 Å². The molecule has 0 spiro atoms. The van der Waals surface area contributed by atoms with Crippen LogP contribution in [0.15, 0.2) is 0 Å². The van der Waals surface area contributed by atoms with E-state index in [0.717, 1.165) is 12.3 Å². The summed E-state index contributed by atoms with van der Waals surface area (Å²) in [6.45, 7) is 10.0. The van der Waals surface area contributed by atoms with Crippen LogP contribution >= 0.6 is 0 Å². The van der Waals surface area contributed by atoms with Gasteiger partial charge in [-0.05, 0) is 46.0 Å². The molecule has 1 fully saturated rings. The Hall–Kier alpha value is -0.120. The van der Waals surface area contributed by atoms with Crippen molar-refractivity contribution in [3.05, 3.63) is 0 Å². The molecule has 4 atom stereocenters. The van der Waals surface area contributed by atoms with E-state index in [1.165, 1.54) is 19.4 Å². The third-order valence-corrected chi connectivity index (χ3v) is 3.85. The largest absolute Gasteiger partial charge is 0.394 e. The van der Waals surface area contributed by atoms with Crippen molar-refractivity contribution < 1.29 is 5.11 Å². The first kappa shape index (κ1) is 13.9. The average Bonchev–Trinajstić information content (AvgIpc) is 2.21. The zero-order valence-corrected chi connectivity index (χ0v) is 11.2. The van der Waals surface area contributed by atoms with E-state index in [4.69, 9.17) is 5.73 Å². The Balaban J connectivity index is 2.54. The zero-order chi connectivity index (χ0) is 12.3. The Morgan fingerprint density at radius 3 is 2.62 bits per heavy atom. The van der Waals surface area contributed by atoms with Crippen molar-refractivity contribution in [1.82, 2.24) is 4.90 Å². The third kappa shape index (κ3) is 3.72. The maximum Gasteiger partial charge on any atom is 0.0609 e. The monoisotopic (exact) mass is 228 g/mol. The van der Waals surface area contributed by atoms with E-state index < -0.39 is 5.54 Å². The number of hydrogen-bond donors (Lipinski definition) is 2. The lowest BCUT2D eigenvalue weighted by molar-refractivity contribution is 0.0616. The predicted octanol–water partition coefficient (Wildman–Crippen LogP) is 1.60. The number of nitrogens with zero attached hydrogens (tertiary/aromatic N) is 1. The highest BCUT2D eigenvalue weighted by molar-refractivity contribution is 4.87. The molecule has 1 saturated heterocycles. The minimum atomic E-state index is -0.445. The first-order chi connectivity index (χ1) is 7.35. The van der Waals surface area contributed by atoms with Crippen molar-refractivity contribution in [2.24, 2.45) is 11.7 Å². The molecular formula is C13H28N2O. The van der Waals surface area contributed by atoms with Gasteiger partial charge < -0.3 is 10.8 Å². The molecule has 0 amide bonds. The van der Waals surface area contributed by atoms with Gasteiger partial charge in [-0.1, -0.05) is 6.92 Å². The van der Waals surface area contributed by atoms with Crippen LogP contribution in [0.25, 0.3) is 0 Å². The van der Waals surface area contributed by atoms with E-state index >= 15 is 0 Å². The van der Waals surface area contributed by atoms with E-state index in [-0.39, 0.29) is 6.61 Å². The molecule has 0 aromatic carbocycles.